The number of likely N-dealkylation sites (tertiary alicyclic amines) is 1. The zero-order chi connectivity index (χ0) is 13.1. The fourth-order valence-corrected chi connectivity index (χ4v) is 2.55. The number of rotatable bonds is 3. The summed E-state index contributed by atoms with van der Waals surface area (Å²) in [5.41, 5.74) is 0.923. The first-order valence-corrected chi connectivity index (χ1v) is 6.46. The molecular weight excluding hydrogens is 275 g/mol. The molecule has 0 aliphatic carbocycles. The van der Waals surface area contributed by atoms with Crippen molar-refractivity contribution in [2.24, 2.45) is 5.92 Å². The highest BCUT2D eigenvalue weighted by molar-refractivity contribution is 6.34. The Morgan fingerprint density at radius 3 is 3.06 bits per heavy atom. The monoisotopic (exact) mass is 288 g/mol. The molecule has 2 heterocycles. The first-order valence-electron chi connectivity index (χ1n) is 5.70. The van der Waals surface area contributed by atoms with Gasteiger partial charge in [-0.1, -0.05) is 23.2 Å². The zero-order valence-electron chi connectivity index (χ0n) is 10.0. The fourth-order valence-electron chi connectivity index (χ4n) is 2.13. The summed E-state index contributed by atoms with van der Waals surface area (Å²) in [6, 6.07) is 1.63. The minimum atomic E-state index is -0.141. The molecule has 1 atom stereocenters. The number of ether oxygens (including phenoxy) is 1. The van der Waals surface area contributed by atoms with Crippen molar-refractivity contribution in [1.82, 2.24) is 9.88 Å². The quantitative estimate of drug-likeness (QED) is 0.633. The maximum atomic E-state index is 11.4. The van der Waals surface area contributed by atoms with Gasteiger partial charge in [-0.2, -0.15) is 0 Å². The molecule has 0 bridgehead atoms. The van der Waals surface area contributed by atoms with Crippen LogP contribution in [-0.2, 0) is 16.1 Å². The van der Waals surface area contributed by atoms with Crippen molar-refractivity contribution < 1.29 is 9.53 Å². The van der Waals surface area contributed by atoms with Crippen LogP contribution in [-0.4, -0.2) is 36.1 Å². The van der Waals surface area contributed by atoms with E-state index in [9.17, 15) is 4.79 Å². The smallest absolute Gasteiger partial charge is 0.310 e. The van der Waals surface area contributed by atoms with E-state index in [0.717, 1.165) is 18.5 Å². The Hall–Kier alpha value is -0.840. The number of hydrogen-bond acceptors (Lipinski definition) is 4. The highest BCUT2D eigenvalue weighted by Gasteiger charge is 2.29. The molecule has 1 aliphatic heterocycles. The number of aromatic nitrogens is 1. The summed E-state index contributed by atoms with van der Waals surface area (Å²) in [5, 5.41) is 0.995. The van der Waals surface area contributed by atoms with Gasteiger partial charge in [-0.25, -0.2) is 4.98 Å². The molecule has 18 heavy (non-hydrogen) atoms. The average Bonchev–Trinajstić information content (AvgIpc) is 2.80. The van der Waals surface area contributed by atoms with Crippen LogP contribution in [0.15, 0.2) is 12.3 Å². The number of nitrogens with zero attached hydrogens (tertiary/aromatic N) is 2. The molecule has 1 aromatic rings. The van der Waals surface area contributed by atoms with Gasteiger partial charge in [0.2, 0.25) is 0 Å². The lowest BCUT2D eigenvalue weighted by atomic mass is 10.1. The van der Waals surface area contributed by atoms with E-state index >= 15 is 0 Å². The van der Waals surface area contributed by atoms with Gasteiger partial charge in [0.05, 0.1) is 13.0 Å². The van der Waals surface area contributed by atoms with E-state index < -0.39 is 0 Å². The Morgan fingerprint density at radius 1 is 1.61 bits per heavy atom. The molecule has 1 saturated heterocycles. The minimum Gasteiger partial charge on any atom is -0.469 e. The Balaban J connectivity index is 1.97. The van der Waals surface area contributed by atoms with E-state index in [1.807, 2.05) is 0 Å². The molecule has 0 N–H and O–H groups in total. The molecular formula is C12H14Cl2N2O2. The van der Waals surface area contributed by atoms with E-state index in [0.29, 0.717) is 23.3 Å². The van der Waals surface area contributed by atoms with E-state index in [2.05, 4.69) is 9.88 Å². The third-order valence-electron chi connectivity index (χ3n) is 3.10. The Bertz CT molecular complexity index is 454. The largest absolute Gasteiger partial charge is 0.469 e. The van der Waals surface area contributed by atoms with Crippen molar-refractivity contribution in [3.63, 3.8) is 0 Å². The molecule has 1 aliphatic rings. The third kappa shape index (κ3) is 3.13. The van der Waals surface area contributed by atoms with Gasteiger partial charge >= 0.3 is 5.97 Å². The molecule has 6 heteroatoms. The Kier molecular flexibility index (Phi) is 4.43. The van der Waals surface area contributed by atoms with Crippen LogP contribution in [0.25, 0.3) is 0 Å². The van der Waals surface area contributed by atoms with Gasteiger partial charge in [-0.3, -0.25) is 9.69 Å². The van der Waals surface area contributed by atoms with Crippen LogP contribution in [0, 0.1) is 5.92 Å². The van der Waals surface area contributed by atoms with Gasteiger partial charge in [0.25, 0.3) is 0 Å². The Morgan fingerprint density at radius 2 is 2.39 bits per heavy atom. The maximum Gasteiger partial charge on any atom is 0.310 e. The van der Waals surface area contributed by atoms with Crippen LogP contribution >= 0.6 is 23.2 Å². The lowest BCUT2D eigenvalue weighted by Gasteiger charge is -2.16. The van der Waals surface area contributed by atoms with Gasteiger partial charge < -0.3 is 4.74 Å². The van der Waals surface area contributed by atoms with Crippen LogP contribution in [0.1, 0.15) is 12.0 Å². The van der Waals surface area contributed by atoms with E-state index in [1.54, 1.807) is 12.3 Å². The van der Waals surface area contributed by atoms with Crippen molar-refractivity contribution in [3.05, 3.63) is 28.0 Å². The molecule has 0 saturated carbocycles. The first kappa shape index (κ1) is 13.6. The summed E-state index contributed by atoms with van der Waals surface area (Å²) in [7, 11) is 1.42. The van der Waals surface area contributed by atoms with E-state index in [1.165, 1.54) is 7.11 Å². The molecule has 0 aromatic carbocycles. The fraction of sp³-hybridized carbons (Fsp3) is 0.500. The highest BCUT2D eigenvalue weighted by atomic mass is 35.5. The second-order valence-corrected chi connectivity index (χ2v) is 5.14. The second kappa shape index (κ2) is 5.87. The summed E-state index contributed by atoms with van der Waals surface area (Å²) < 4.78 is 4.75. The molecule has 0 radical (unpaired) electrons. The number of esters is 1. The van der Waals surface area contributed by atoms with Crippen molar-refractivity contribution >= 4 is 29.2 Å². The van der Waals surface area contributed by atoms with Crippen LogP contribution in [0.4, 0.5) is 0 Å². The van der Waals surface area contributed by atoms with Gasteiger partial charge in [-0.05, 0) is 19.0 Å². The van der Waals surface area contributed by atoms with Crippen LogP contribution in [0.5, 0.6) is 0 Å². The van der Waals surface area contributed by atoms with E-state index in [-0.39, 0.29) is 11.9 Å². The molecule has 1 aromatic heterocycles. The summed E-state index contributed by atoms with van der Waals surface area (Å²) in [6.45, 7) is 2.24. The molecule has 0 amide bonds. The maximum absolute atomic E-state index is 11.4. The van der Waals surface area contributed by atoms with Crippen LogP contribution in [0.3, 0.4) is 0 Å². The van der Waals surface area contributed by atoms with Crippen LogP contribution < -0.4 is 0 Å². The summed E-state index contributed by atoms with van der Waals surface area (Å²) in [5.74, 6) is -0.174. The minimum absolute atomic E-state index is 0.0333. The summed E-state index contributed by atoms with van der Waals surface area (Å²) >= 11 is 11.8. The lowest BCUT2D eigenvalue weighted by Crippen LogP contribution is -2.23. The molecule has 0 spiro atoms. The SMILES string of the molecule is COC(=O)C1CCN(Cc2cnc(Cl)cc2Cl)C1. The van der Waals surface area contributed by atoms with Gasteiger partial charge in [0.1, 0.15) is 5.15 Å². The topological polar surface area (TPSA) is 42.4 Å². The van der Waals surface area contributed by atoms with Crippen LogP contribution in [0.2, 0.25) is 10.2 Å². The average molecular weight is 289 g/mol. The second-order valence-electron chi connectivity index (χ2n) is 4.34. The number of carbonyl (C=O) groups is 1. The molecule has 4 nitrogen and oxygen atoms in total. The predicted molar refractivity (Wildman–Crippen MR) is 69.7 cm³/mol. The normalized spacial score (nSPS) is 20.1. The molecule has 98 valence electrons. The van der Waals surface area contributed by atoms with Gasteiger partial charge in [-0.15, -0.1) is 0 Å². The predicted octanol–water partition coefficient (Wildman–Crippen LogP) is 2.38. The van der Waals surface area contributed by atoms with Crippen molar-refractivity contribution in [3.8, 4) is 0 Å². The number of halogens is 2. The van der Waals surface area contributed by atoms with Crippen molar-refractivity contribution in [2.45, 2.75) is 13.0 Å². The van der Waals surface area contributed by atoms with E-state index in [4.69, 9.17) is 27.9 Å². The standard InChI is InChI=1S/C12H14Cl2N2O2/c1-18-12(17)8-2-3-16(6-8)7-9-5-15-11(14)4-10(9)13/h4-5,8H,2-3,6-7H2,1H3. The Labute approximate surface area is 116 Å². The lowest BCUT2D eigenvalue weighted by molar-refractivity contribution is -0.144. The summed E-state index contributed by atoms with van der Waals surface area (Å²) in [4.78, 5) is 17.6. The third-order valence-corrected chi connectivity index (χ3v) is 3.66. The number of pyridine rings is 1. The summed E-state index contributed by atoms with van der Waals surface area (Å²) in [6.07, 6.45) is 2.50. The molecule has 2 rings (SSSR count). The number of carbonyl (C=O) groups excluding carboxylic acids is 1. The number of hydrogen-bond donors (Lipinski definition) is 0. The molecule has 1 unspecified atom stereocenters. The molecule has 1 fully saturated rings. The van der Waals surface area contributed by atoms with Crippen molar-refractivity contribution in [1.29, 1.82) is 0 Å². The number of methoxy groups -OCH3 is 1. The van der Waals surface area contributed by atoms with Gasteiger partial charge in [0, 0.05) is 29.9 Å². The highest BCUT2D eigenvalue weighted by Crippen LogP contribution is 2.24. The zero-order valence-corrected chi connectivity index (χ0v) is 11.5. The van der Waals surface area contributed by atoms with Gasteiger partial charge in [0.15, 0.2) is 0 Å². The first-order chi connectivity index (χ1) is 8.60. The van der Waals surface area contributed by atoms with Crippen molar-refractivity contribution in [2.75, 3.05) is 20.2 Å².